The molecule has 1 aliphatic rings. The molecule has 0 spiro atoms. The molecule has 2 heterocycles. The molecule has 1 fully saturated rings. The Morgan fingerprint density at radius 2 is 1.90 bits per heavy atom. The van der Waals surface area contributed by atoms with Gasteiger partial charge in [-0.15, -0.1) is 0 Å². The molecule has 7 heteroatoms. The first-order chi connectivity index (χ1) is 14.6. The van der Waals surface area contributed by atoms with E-state index in [1.165, 1.54) is 0 Å². The lowest BCUT2D eigenvalue weighted by Crippen LogP contribution is -2.58. The van der Waals surface area contributed by atoms with E-state index in [2.05, 4.69) is 4.98 Å². The lowest BCUT2D eigenvalue weighted by molar-refractivity contribution is -0.0701. The van der Waals surface area contributed by atoms with E-state index in [-0.39, 0.29) is 5.92 Å². The van der Waals surface area contributed by atoms with E-state index >= 15 is 0 Å². The number of hydrogen-bond acceptors (Lipinski definition) is 6. The number of carbonyl (C=O) groups is 1. The summed E-state index contributed by atoms with van der Waals surface area (Å²) in [6.45, 7) is 10.4. The van der Waals surface area contributed by atoms with Crippen molar-refractivity contribution in [2.24, 2.45) is 11.7 Å². The Morgan fingerprint density at radius 3 is 2.52 bits per heavy atom. The van der Waals surface area contributed by atoms with Crippen molar-refractivity contribution in [3.8, 4) is 5.75 Å². The highest BCUT2D eigenvalue weighted by atomic mass is 16.6. The monoisotopic (exact) mass is 427 g/mol. The molecule has 1 amide bonds. The Balaban J connectivity index is 1.71. The number of ether oxygens (including phenoxy) is 3. The fourth-order valence-electron chi connectivity index (χ4n) is 3.90. The first kappa shape index (κ1) is 23.0. The third-order valence-electron chi connectivity index (χ3n) is 5.40. The van der Waals surface area contributed by atoms with Crippen LogP contribution in [0, 0.1) is 5.92 Å². The van der Waals surface area contributed by atoms with Crippen LogP contribution in [0.15, 0.2) is 48.7 Å². The second kappa shape index (κ2) is 9.24. The Bertz CT molecular complexity index is 870. The summed E-state index contributed by atoms with van der Waals surface area (Å²) in [6, 6.07) is 13.5. The van der Waals surface area contributed by atoms with Gasteiger partial charge in [0.1, 0.15) is 24.3 Å². The molecule has 2 unspecified atom stereocenters. The molecular weight excluding hydrogens is 394 g/mol. The first-order valence-corrected chi connectivity index (χ1v) is 10.6. The minimum Gasteiger partial charge on any atom is -0.487 e. The summed E-state index contributed by atoms with van der Waals surface area (Å²) in [5.74, 6) is 0.995. The zero-order valence-electron chi connectivity index (χ0n) is 19.0. The Kier molecular flexibility index (Phi) is 6.86. The Hall–Kier alpha value is -2.64. The maximum absolute atomic E-state index is 12.9. The van der Waals surface area contributed by atoms with E-state index in [1.807, 2.05) is 77.1 Å². The van der Waals surface area contributed by atoms with Gasteiger partial charge in [0, 0.05) is 6.20 Å². The maximum Gasteiger partial charge on any atom is 0.412 e. The van der Waals surface area contributed by atoms with Crippen LogP contribution >= 0.6 is 0 Å². The summed E-state index contributed by atoms with van der Waals surface area (Å²) in [5, 5.41) is 0. The molecule has 7 nitrogen and oxygen atoms in total. The van der Waals surface area contributed by atoms with Crippen molar-refractivity contribution < 1.29 is 19.0 Å². The number of pyridine rings is 1. The van der Waals surface area contributed by atoms with Gasteiger partial charge in [-0.3, -0.25) is 9.88 Å². The highest BCUT2D eigenvalue weighted by Gasteiger charge is 2.57. The first-order valence-electron chi connectivity index (χ1n) is 10.6. The van der Waals surface area contributed by atoms with Gasteiger partial charge in [-0.25, -0.2) is 4.79 Å². The van der Waals surface area contributed by atoms with Crippen LogP contribution in [0.3, 0.4) is 0 Å². The Labute approximate surface area is 184 Å². The van der Waals surface area contributed by atoms with Crippen LogP contribution in [0.25, 0.3) is 0 Å². The molecule has 31 heavy (non-hydrogen) atoms. The molecule has 1 aliphatic heterocycles. The van der Waals surface area contributed by atoms with Crippen molar-refractivity contribution >= 4 is 6.09 Å². The van der Waals surface area contributed by atoms with Crippen molar-refractivity contribution in [3.63, 3.8) is 0 Å². The predicted molar refractivity (Wildman–Crippen MR) is 118 cm³/mol. The number of hydrogen-bond donors (Lipinski definition) is 1. The minimum absolute atomic E-state index is 0.245. The summed E-state index contributed by atoms with van der Waals surface area (Å²) >= 11 is 0. The fourth-order valence-corrected chi connectivity index (χ4v) is 3.90. The van der Waals surface area contributed by atoms with Crippen LogP contribution in [0.2, 0.25) is 0 Å². The van der Waals surface area contributed by atoms with Gasteiger partial charge in [0.05, 0.1) is 17.8 Å². The molecule has 3 rings (SSSR count). The van der Waals surface area contributed by atoms with Crippen LogP contribution < -0.4 is 10.5 Å². The molecule has 1 saturated heterocycles. The van der Waals surface area contributed by atoms with E-state index in [4.69, 9.17) is 19.9 Å². The van der Waals surface area contributed by atoms with Gasteiger partial charge in [-0.05, 0) is 62.9 Å². The molecule has 2 N–H and O–H groups in total. The highest BCUT2D eigenvalue weighted by Crippen LogP contribution is 2.40. The van der Waals surface area contributed by atoms with Crippen LogP contribution in [0.4, 0.5) is 4.79 Å². The number of nitrogens with two attached hydrogens (primary N) is 1. The molecule has 0 radical (unpaired) electrons. The summed E-state index contributed by atoms with van der Waals surface area (Å²) in [6.07, 6.45) is 1.21. The lowest BCUT2D eigenvalue weighted by Gasteiger charge is -2.39. The second-order valence-corrected chi connectivity index (χ2v) is 9.08. The van der Waals surface area contributed by atoms with Gasteiger partial charge in [0.25, 0.3) is 0 Å². The highest BCUT2D eigenvalue weighted by molar-refractivity contribution is 5.70. The van der Waals surface area contributed by atoms with Gasteiger partial charge in [-0.2, -0.15) is 0 Å². The number of aromatic nitrogens is 1. The summed E-state index contributed by atoms with van der Waals surface area (Å²) < 4.78 is 17.3. The van der Waals surface area contributed by atoms with Crippen LogP contribution in [0.1, 0.15) is 45.9 Å². The quantitative estimate of drug-likeness (QED) is 0.716. The molecular formula is C24H33N3O4. The molecule has 2 atom stereocenters. The molecule has 0 saturated carbocycles. The molecule has 1 aromatic heterocycles. The largest absolute Gasteiger partial charge is 0.487 e. The number of amides is 1. The molecule has 0 aliphatic carbocycles. The number of benzene rings is 1. The van der Waals surface area contributed by atoms with Gasteiger partial charge in [0.15, 0.2) is 0 Å². The summed E-state index contributed by atoms with van der Waals surface area (Å²) in [5.41, 5.74) is 6.62. The standard InChI is InChI=1S/C24H33N3O4/c1-17(2)15-30-22(28)27-23(3,4)31-21(25)24(27,5)14-18-9-11-20(12-10-18)29-16-19-8-6-7-13-26-19/h6-13,17,21H,14-16,25H2,1-5H3. The van der Waals surface area contributed by atoms with Crippen molar-refractivity contribution in [1.82, 2.24) is 9.88 Å². The maximum atomic E-state index is 12.9. The van der Waals surface area contributed by atoms with Crippen molar-refractivity contribution in [3.05, 3.63) is 59.9 Å². The van der Waals surface area contributed by atoms with E-state index in [0.29, 0.717) is 19.6 Å². The average molecular weight is 428 g/mol. The van der Waals surface area contributed by atoms with E-state index < -0.39 is 23.6 Å². The topological polar surface area (TPSA) is 86.9 Å². The molecule has 1 aromatic carbocycles. The minimum atomic E-state index is -0.867. The van der Waals surface area contributed by atoms with Crippen LogP contribution in [-0.2, 0) is 22.5 Å². The van der Waals surface area contributed by atoms with Crippen molar-refractivity contribution in [1.29, 1.82) is 0 Å². The lowest BCUT2D eigenvalue weighted by atomic mass is 9.89. The number of carbonyl (C=O) groups excluding carboxylic acids is 1. The van der Waals surface area contributed by atoms with E-state index in [1.54, 1.807) is 11.1 Å². The smallest absolute Gasteiger partial charge is 0.412 e. The van der Waals surface area contributed by atoms with Crippen molar-refractivity contribution in [2.45, 2.75) is 65.1 Å². The van der Waals surface area contributed by atoms with E-state index in [0.717, 1.165) is 17.0 Å². The predicted octanol–water partition coefficient (Wildman–Crippen LogP) is 4.11. The third-order valence-corrected chi connectivity index (χ3v) is 5.40. The summed E-state index contributed by atoms with van der Waals surface area (Å²) in [4.78, 5) is 18.8. The van der Waals surface area contributed by atoms with E-state index in [9.17, 15) is 4.79 Å². The SMILES string of the molecule is CC(C)COC(=O)N1C(C)(C)OC(N)C1(C)Cc1ccc(OCc2ccccn2)cc1. The molecule has 2 aromatic rings. The molecule has 0 bridgehead atoms. The second-order valence-electron chi connectivity index (χ2n) is 9.08. The summed E-state index contributed by atoms with van der Waals surface area (Å²) in [7, 11) is 0. The molecule has 168 valence electrons. The zero-order chi connectivity index (χ0) is 22.6. The number of rotatable bonds is 7. The number of nitrogens with zero attached hydrogens (tertiary/aromatic N) is 2. The van der Waals surface area contributed by atoms with Gasteiger partial charge in [-0.1, -0.05) is 32.0 Å². The third kappa shape index (κ3) is 5.35. The fraction of sp³-hybridized carbons (Fsp3) is 0.500. The van der Waals surface area contributed by atoms with Crippen LogP contribution in [-0.4, -0.2) is 40.1 Å². The van der Waals surface area contributed by atoms with Crippen molar-refractivity contribution in [2.75, 3.05) is 6.61 Å². The average Bonchev–Trinajstić information content (AvgIpc) is 2.90. The van der Waals surface area contributed by atoms with Gasteiger partial charge >= 0.3 is 6.09 Å². The van der Waals surface area contributed by atoms with Gasteiger partial charge < -0.3 is 19.9 Å². The zero-order valence-corrected chi connectivity index (χ0v) is 19.0. The normalized spacial score (nSPS) is 22.5. The van der Waals surface area contributed by atoms with Crippen LogP contribution in [0.5, 0.6) is 5.75 Å². The Morgan fingerprint density at radius 1 is 1.19 bits per heavy atom. The van der Waals surface area contributed by atoms with Gasteiger partial charge in [0.2, 0.25) is 0 Å².